The second-order valence-electron chi connectivity index (χ2n) is 3.02. The van der Waals surface area contributed by atoms with E-state index in [1.807, 2.05) is 0 Å². The summed E-state index contributed by atoms with van der Waals surface area (Å²) < 4.78 is 5.08. The lowest BCUT2D eigenvalue weighted by Crippen LogP contribution is -2.44. The molecule has 0 aromatic heterocycles. The third kappa shape index (κ3) is 4.89. The van der Waals surface area contributed by atoms with Gasteiger partial charge >= 0.3 is 0 Å². The number of hydrogen-bond donors (Lipinski definition) is 1. The van der Waals surface area contributed by atoms with Crippen molar-refractivity contribution >= 4 is 0 Å². The van der Waals surface area contributed by atoms with Crippen molar-refractivity contribution < 1.29 is 4.74 Å². The van der Waals surface area contributed by atoms with Crippen LogP contribution >= 0.6 is 0 Å². The Hall–Kier alpha value is -0.560. The predicted octanol–water partition coefficient (Wildman–Crippen LogP) is 0.305. The van der Waals surface area contributed by atoms with Crippen molar-refractivity contribution in [1.82, 2.24) is 4.90 Å². The summed E-state index contributed by atoms with van der Waals surface area (Å²) in [7, 11) is 1.68. The quantitative estimate of drug-likeness (QED) is 0.579. The molecule has 2 N–H and O–H groups in total. The molecule has 3 nitrogen and oxygen atoms in total. The fourth-order valence-corrected chi connectivity index (χ4v) is 1.31. The Balaban J connectivity index is 4.04. The Morgan fingerprint density at radius 3 is 2.69 bits per heavy atom. The van der Waals surface area contributed by atoms with E-state index in [2.05, 4.69) is 17.7 Å². The van der Waals surface area contributed by atoms with Gasteiger partial charge in [-0.05, 0) is 13.0 Å². The molecule has 0 aromatic carbocycles. The minimum absolute atomic E-state index is 0.251. The molecular weight excluding hydrogens is 164 g/mol. The van der Waals surface area contributed by atoms with E-state index in [0.717, 1.165) is 13.0 Å². The van der Waals surface area contributed by atoms with Crippen LogP contribution in [-0.2, 0) is 4.74 Å². The maximum atomic E-state index is 5.63. The van der Waals surface area contributed by atoms with Crippen LogP contribution in [0.4, 0.5) is 0 Å². The second kappa shape index (κ2) is 8.06. The standard InChI is InChI=1S/C10H20N2O/c1-4-6-12(7-5-2)10(8-11)9-13-3/h1,10H,5-9,11H2,2-3H3. The third-order valence-corrected chi connectivity index (χ3v) is 1.95. The predicted molar refractivity (Wildman–Crippen MR) is 55.4 cm³/mol. The third-order valence-electron chi connectivity index (χ3n) is 1.95. The van der Waals surface area contributed by atoms with Gasteiger partial charge in [0.05, 0.1) is 13.2 Å². The van der Waals surface area contributed by atoms with Crippen molar-refractivity contribution in [3.63, 3.8) is 0 Å². The van der Waals surface area contributed by atoms with Crippen LogP contribution in [0.25, 0.3) is 0 Å². The zero-order chi connectivity index (χ0) is 10.1. The number of hydrogen-bond acceptors (Lipinski definition) is 3. The van der Waals surface area contributed by atoms with Crippen LogP contribution < -0.4 is 5.73 Å². The van der Waals surface area contributed by atoms with Crippen LogP contribution in [0.2, 0.25) is 0 Å². The van der Waals surface area contributed by atoms with Gasteiger partial charge in [0, 0.05) is 19.7 Å². The van der Waals surface area contributed by atoms with Gasteiger partial charge in [-0.2, -0.15) is 0 Å². The van der Waals surface area contributed by atoms with Crippen LogP contribution in [0.1, 0.15) is 13.3 Å². The van der Waals surface area contributed by atoms with Crippen molar-refractivity contribution in [3.8, 4) is 12.3 Å². The molecule has 0 aliphatic rings. The van der Waals surface area contributed by atoms with E-state index < -0.39 is 0 Å². The Kier molecular flexibility index (Phi) is 7.71. The molecule has 0 aliphatic heterocycles. The summed E-state index contributed by atoms with van der Waals surface area (Å²) in [6.45, 7) is 5.01. The smallest absolute Gasteiger partial charge is 0.0630 e. The molecule has 1 atom stereocenters. The Morgan fingerprint density at radius 1 is 1.62 bits per heavy atom. The van der Waals surface area contributed by atoms with Crippen LogP contribution in [0.5, 0.6) is 0 Å². The first-order valence-corrected chi connectivity index (χ1v) is 4.66. The summed E-state index contributed by atoms with van der Waals surface area (Å²) in [4.78, 5) is 2.18. The molecule has 0 fully saturated rings. The first-order chi connectivity index (χ1) is 6.29. The first-order valence-electron chi connectivity index (χ1n) is 4.66. The van der Waals surface area contributed by atoms with E-state index in [9.17, 15) is 0 Å². The molecule has 13 heavy (non-hydrogen) atoms. The SMILES string of the molecule is C#CCN(CCC)C(CN)COC. The number of terminal acetylenes is 1. The zero-order valence-corrected chi connectivity index (χ0v) is 8.62. The summed E-state index contributed by atoms with van der Waals surface area (Å²) in [5.74, 6) is 2.64. The van der Waals surface area contributed by atoms with E-state index in [1.165, 1.54) is 0 Å². The molecule has 76 valence electrons. The number of methoxy groups -OCH3 is 1. The normalized spacial score (nSPS) is 12.8. The van der Waals surface area contributed by atoms with E-state index in [1.54, 1.807) is 7.11 Å². The summed E-state index contributed by atoms with van der Waals surface area (Å²) in [5.41, 5.74) is 5.63. The van der Waals surface area contributed by atoms with Crippen LogP contribution in [0.15, 0.2) is 0 Å². The van der Waals surface area contributed by atoms with Gasteiger partial charge in [0.1, 0.15) is 0 Å². The molecule has 0 rings (SSSR count). The van der Waals surface area contributed by atoms with Gasteiger partial charge in [-0.15, -0.1) is 6.42 Å². The number of nitrogens with two attached hydrogens (primary N) is 1. The van der Waals surface area contributed by atoms with Crippen molar-refractivity contribution in [3.05, 3.63) is 0 Å². The molecule has 0 aliphatic carbocycles. The molecule has 0 spiro atoms. The molecule has 0 radical (unpaired) electrons. The molecule has 1 unspecified atom stereocenters. The fraction of sp³-hybridized carbons (Fsp3) is 0.800. The molecule has 0 saturated carbocycles. The molecule has 0 saturated heterocycles. The van der Waals surface area contributed by atoms with Crippen molar-refractivity contribution in [1.29, 1.82) is 0 Å². The number of ether oxygens (including phenoxy) is 1. The van der Waals surface area contributed by atoms with E-state index in [-0.39, 0.29) is 6.04 Å². The van der Waals surface area contributed by atoms with Gasteiger partial charge in [-0.1, -0.05) is 12.8 Å². The lowest BCUT2D eigenvalue weighted by molar-refractivity contribution is 0.103. The van der Waals surface area contributed by atoms with Crippen molar-refractivity contribution in [2.75, 3.05) is 33.4 Å². The van der Waals surface area contributed by atoms with Crippen LogP contribution in [0.3, 0.4) is 0 Å². The highest BCUT2D eigenvalue weighted by Crippen LogP contribution is 1.99. The minimum atomic E-state index is 0.251. The summed E-state index contributed by atoms with van der Waals surface area (Å²) in [6.07, 6.45) is 6.36. The largest absolute Gasteiger partial charge is 0.383 e. The summed E-state index contributed by atoms with van der Waals surface area (Å²) in [6, 6.07) is 0.251. The molecule has 0 heterocycles. The highest BCUT2D eigenvalue weighted by molar-refractivity contribution is 4.90. The molecule has 0 bridgehead atoms. The summed E-state index contributed by atoms with van der Waals surface area (Å²) >= 11 is 0. The van der Waals surface area contributed by atoms with Crippen LogP contribution in [0, 0.1) is 12.3 Å². The highest BCUT2D eigenvalue weighted by atomic mass is 16.5. The van der Waals surface area contributed by atoms with Crippen LogP contribution in [-0.4, -0.2) is 44.3 Å². The van der Waals surface area contributed by atoms with Gasteiger partial charge in [-0.25, -0.2) is 0 Å². The van der Waals surface area contributed by atoms with Crippen molar-refractivity contribution in [2.24, 2.45) is 5.73 Å². The number of nitrogens with zero attached hydrogens (tertiary/aromatic N) is 1. The Labute approximate surface area is 81.2 Å². The number of rotatable bonds is 7. The van der Waals surface area contributed by atoms with E-state index >= 15 is 0 Å². The lowest BCUT2D eigenvalue weighted by atomic mass is 10.2. The summed E-state index contributed by atoms with van der Waals surface area (Å²) in [5, 5.41) is 0. The van der Waals surface area contributed by atoms with Gasteiger partial charge < -0.3 is 10.5 Å². The fourth-order valence-electron chi connectivity index (χ4n) is 1.31. The van der Waals surface area contributed by atoms with Gasteiger partial charge in [0.25, 0.3) is 0 Å². The van der Waals surface area contributed by atoms with Gasteiger partial charge in [-0.3, -0.25) is 4.90 Å². The van der Waals surface area contributed by atoms with E-state index in [0.29, 0.717) is 19.7 Å². The molecule has 3 heteroatoms. The molecular formula is C10H20N2O. The Bertz CT molecular complexity index is 153. The molecule has 0 amide bonds. The lowest BCUT2D eigenvalue weighted by Gasteiger charge is -2.28. The monoisotopic (exact) mass is 184 g/mol. The van der Waals surface area contributed by atoms with Gasteiger partial charge in [0.2, 0.25) is 0 Å². The highest BCUT2D eigenvalue weighted by Gasteiger charge is 2.14. The average Bonchev–Trinajstić information content (AvgIpc) is 2.14. The first kappa shape index (κ1) is 12.4. The maximum absolute atomic E-state index is 5.63. The minimum Gasteiger partial charge on any atom is -0.383 e. The van der Waals surface area contributed by atoms with Gasteiger partial charge in [0.15, 0.2) is 0 Å². The second-order valence-corrected chi connectivity index (χ2v) is 3.02. The topological polar surface area (TPSA) is 38.5 Å². The zero-order valence-electron chi connectivity index (χ0n) is 8.62. The Morgan fingerprint density at radius 2 is 2.31 bits per heavy atom. The van der Waals surface area contributed by atoms with Crippen molar-refractivity contribution in [2.45, 2.75) is 19.4 Å². The molecule has 0 aromatic rings. The van der Waals surface area contributed by atoms with E-state index in [4.69, 9.17) is 16.9 Å². The average molecular weight is 184 g/mol. The maximum Gasteiger partial charge on any atom is 0.0630 e.